The van der Waals surface area contributed by atoms with Gasteiger partial charge in [0.05, 0.1) is 6.04 Å². The summed E-state index contributed by atoms with van der Waals surface area (Å²) >= 11 is 3.33. The summed E-state index contributed by atoms with van der Waals surface area (Å²) in [5.74, 6) is -0.289. The second kappa shape index (κ2) is 5.50. The van der Waals surface area contributed by atoms with Crippen LogP contribution in [0, 0.1) is 5.82 Å². The number of halogens is 2. The number of nitrogens with one attached hydrogen (secondary N) is 1. The number of hydrogen-bond donors (Lipinski definition) is 2. The fourth-order valence-corrected chi connectivity index (χ4v) is 2.17. The lowest BCUT2D eigenvalue weighted by atomic mass is 9.99. The largest absolute Gasteiger partial charge is 0.388 e. The topological polar surface area (TPSA) is 38.0 Å². The fraction of sp³-hybridized carbons (Fsp3) is 0.143. The molecule has 1 atom stereocenters. The van der Waals surface area contributed by atoms with Crippen molar-refractivity contribution in [1.82, 2.24) is 0 Å². The molecule has 0 aromatic heterocycles. The van der Waals surface area contributed by atoms with Crippen molar-refractivity contribution in [3.63, 3.8) is 0 Å². The van der Waals surface area contributed by atoms with Gasteiger partial charge < -0.3 is 11.1 Å². The minimum absolute atomic E-state index is 0.289. The van der Waals surface area contributed by atoms with Gasteiger partial charge in [-0.1, -0.05) is 28.1 Å². The first-order valence-corrected chi connectivity index (χ1v) is 6.39. The van der Waals surface area contributed by atoms with Crippen molar-refractivity contribution in [3.05, 3.63) is 63.9 Å². The van der Waals surface area contributed by atoms with E-state index in [1.54, 1.807) is 12.1 Å². The fourth-order valence-electron chi connectivity index (χ4n) is 1.79. The van der Waals surface area contributed by atoms with E-state index in [9.17, 15) is 4.39 Å². The van der Waals surface area contributed by atoms with Gasteiger partial charge in [0.15, 0.2) is 0 Å². The van der Waals surface area contributed by atoms with Gasteiger partial charge in [0.2, 0.25) is 0 Å². The van der Waals surface area contributed by atoms with E-state index in [0.29, 0.717) is 5.56 Å². The lowest BCUT2D eigenvalue weighted by Crippen LogP contribution is -2.13. The van der Waals surface area contributed by atoms with E-state index in [1.807, 2.05) is 31.3 Å². The normalized spacial score (nSPS) is 12.2. The highest BCUT2D eigenvalue weighted by Crippen LogP contribution is 2.26. The maximum atomic E-state index is 13.7. The van der Waals surface area contributed by atoms with Crippen LogP contribution >= 0.6 is 15.9 Å². The summed E-state index contributed by atoms with van der Waals surface area (Å²) in [6.07, 6.45) is 0. The molecule has 0 bridgehead atoms. The maximum Gasteiger partial charge on any atom is 0.128 e. The van der Waals surface area contributed by atoms with Crippen LogP contribution in [-0.2, 0) is 0 Å². The second-order valence-electron chi connectivity index (χ2n) is 4.02. The van der Waals surface area contributed by atoms with Crippen molar-refractivity contribution in [3.8, 4) is 0 Å². The van der Waals surface area contributed by atoms with Crippen molar-refractivity contribution < 1.29 is 4.39 Å². The number of nitrogens with two attached hydrogens (primary N) is 1. The molecule has 0 fully saturated rings. The minimum atomic E-state index is -0.464. The van der Waals surface area contributed by atoms with Crippen LogP contribution in [0.4, 0.5) is 10.1 Å². The van der Waals surface area contributed by atoms with Crippen LogP contribution in [0.25, 0.3) is 0 Å². The van der Waals surface area contributed by atoms with Gasteiger partial charge in [-0.25, -0.2) is 4.39 Å². The first-order valence-electron chi connectivity index (χ1n) is 5.60. The highest BCUT2D eigenvalue weighted by molar-refractivity contribution is 9.10. The van der Waals surface area contributed by atoms with E-state index in [2.05, 4.69) is 21.2 Å². The molecule has 2 aromatic carbocycles. The van der Waals surface area contributed by atoms with Crippen LogP contribution in [0.3, 0.4) is 0 Å². The van der Waals surface area contributed by atoms with Crippen LogP contribution in [0.5, 0.6) is 0 Å². The third-order valence-corrected chi connectivity index (χ3v) is 3.34. The van der Waals surface area contributed by atoms with E-state index in [0.717, 1.165) is 15.7 Å². The molecule has 18 heavy (non-hydrogen) atoms. The number of rotatable bonds is 3. The van der Waals surface area contributed by atoms with E-state index in [4.69, 9.17) is 5.73 Å². The van der Waals surface area contributed by atoms with Crippen LogP contribution in [0.15, 0.2) is 46.9 Å². The highest BCUT2D eigenvalue weighted by atomic mass is 79.9. The quantitative estimate of drug-likeness (QED) is 0.908. The molecule has 1 unspecified atom stereocenters. The molecule has 0 heterocycles. The van der Waals surface area contributed by atoms with Gasteiger partial charge in [0.1, 0.15) is 5.82 Å². The number of benzene rings is 2. The molecular weight excluding hydrogens is 295 g/mol. The Morgan fingerprint density at radius 3 is 2.44 bits per heavy atom. The molecule has 0 aliphatic heterocycles. The predicted molar refractivity (Wildman–Crippen MR) is 76.1 cm³/mol. The van der Waals surface area contributed by atoms with Gasteiger partial charge in [-0.15, -0.1) is 0 Å². The second-order valence-corrected chi connectivity index (χ2v) is 4.93. The SMILES string of the molecule is CNc1ccc(C(N)c2cc(Br)ccc2F)cc1. The molecular formula is C14H14BrFN2. The van der Waals surface area contributed by atoms with Crippen molar-refractivity contribution in [2.45, 2.75) is 6.04 Å². The Bertz CT molecular complexity index is 540. The zero-order valence-corrected chi connectivity index (χ0v) is 11.5. The zero-order valence-electron chi connectivity index (χ0n) is 9.95. The third kappa shape index (κ3) is 2.71. The summed E-state index contributed by atoms with van der Waals surface area (Å²) in [5.41, 5.74) is 8.47. The number of hydrogen-bond acceptors (Lipinski definition) is 2. The van der Waals surface area contributed by atoms with Crippen molar-refractivity contribution in [1.29, 1.82) is 0 Å². The monoisotopic (exact) mass is 308 g/mol. The average molecular weight is 309 g/mol. The summed E-state index contributed by atoms with van der Waals surface area (Å²) in [6.45, 7) is 0. The first-order chi connectivity index (χ1) is 8.61. The van der Waals surface area contributed by atoms with Crippen molar-refractivity contribution >= 4 is 21.6 Å². The van der Waals surface area contributed by atoms with Crippen LogP contribution in [-0.4, -0.2) is 7.05 Å². The molecule has 94 valence electrons. The molecule has 0 aliphatic carbocycles. The molecule has 0 spiro atoms. The van der Waals surface area contributed by atoms with Gasteiger partial charge in [-0.3, -0.25) is 0 Å². The Balaban J connectivity index is 2.34. The lowest BCUT2D eigenvalue weighted by Gasteiger charge is -2.14. The van der Waals surface area contributed by atoms with Crippen LogP contribution in [0.1, 0.15) is 17.2 Å². The molecule has 0 saturated carbocycles. The molecule has 2 aromatic rings. The van der Waals surface area contributed by atoms with Crippen LogP contribution < -0.4 is 11.1 Å². The van der Waals surface area contributed by atoms with Gasteiger partial charge in [0, 0.05) is 22.8 Å². The molecule has 0 amide bonds. The summed E-state index contributed by atoms with van der Waals surface area (Å²) in [4.78, 5) is 0. The van der Waals surface area contributed by atoms with E-state index in [1.165, 1.54) is 6.07 Å². The highest BCUT2D eigenvalue weighted by Gasteiger charge is 2.13. The first kappa shape index (κ1) is 13.1. The van der Waals surface area contributed by atoms with Crippen molar-refractivity contribution in [2.24, 2.45) is 5.73 Å². The Kier molecular flexibility index (Phi) is 3.99. The molecule has 3 N–H and O–H groups in total. The van der Waals surface area contributed by atoms with E-state index >= 15 is 0 Å². The van der Waals surface area contributed by atoms with E-state index < -0.39 is 6.04 Å². The minimum Gasteiger partial charge on any atom is -0.388 e. The molecule has 0 radical (unpaired) electrons. The Labute approximate surface area is 114 Å². The summed E-state index contributed by atoms with van der Waals surface area (Å²) < 4.78 is 14.6. The molecule has 0 aliphatic rings. The van der Waals surface area contributed by atoms with Crippen molar-refractivity contribution in [2.75, 3.05) is 12.4 Å². The number of anilines is 1. The van der Waals surface area contributed by atoms with Crippen LogP contribution in [0.2, 0.25) is 0 Å². The summed E-state index contributed by atoms with van der Waals surface area (Å²) in [6, 6.07) is 12.0. The average Bonchev–Trinajstić information content (AvgIpc) is 2.41. The maximum absolute atomic E-state index is 13.7. The Morgan fingerprint density at radius 1 is 1.17 bits per heavy atom. The van der Waals surface area contributed by atoms with Gasteiger partial charge >= 0.3 is 0 Å². The Morgan fingerprint density at radius 2 is 1.83 bits per heavy atom. The van der Waals surface area contributed by atoms with E-state index in [-0.39, 0.29) is 5.82 Å². The third-order valence-electron chi connectivity index (χ3n) is 2.85. The Hall–Kier alpha value is -1.39. The summed E-state index contributed by atoms with van der Waals surface area (Å²) in [5, 5.41) is 3.03. The van der Waals surface area contributed by atoms with Gasteiger partial charge in [-0.2, -0.15) is 0 Å². The molecule has 2 rings (SSSR count). The predicted octanol–water partition coefficient (Wildman–Crippen LogP) is 3.68. The molecule has 4 heteroatoms. The van der Waals surface area contributed by atoms with Gasteiger partial charge in [-0.05, 0) is 35.9 Å². The molecule has 0 saturated heterocycles. The van der Waals surface area contributed by atoms with Gasteiger partial charge in [0.25, 0.3) is 0 Å². The lowest BCUT2D eigenvalue weighted by molar-refractivity contribution is 0.599. The molecule has 2 nitrogen and oxygen atoms in total. The zero-order chi connectivity index (χ0) is 13.1. The summed E-state index contributed by atoms with van der Waals surface area (Å²) in [7, 11) is 1.85. The standard InChI is InChI=1S/C14H14BrFN2/c1-18-11-5-2-9(3-6-11)14(17)12-8-10(15)4-7-13(12)16/h2-8,14,18H,17H2,1H3. The smallest absolute Gasteiger partial charge is 0.128 e.